The van der Waals surface area contributed by atoms with Gasteiger partial charge >= 0.3 is 0 Å². The predicted octanol–water partition coefficient (Wildman–Crippen LogP) is 2.30. The summed E-state index contributed by atoms with van der Waals surface area (Å²) in [5, 5.41) is 0. The van der Waals surface area contributed by atoms with Crippen LogP contribution in [-0.4, -0.2) is 0 Å². The molecule has 42 valence electrons. The van der Waals surface area contributed by atoms with Crippen LogP contribution in [0.25, 0.3) is 0 Å². The molecule has 0 amide bonds. The van der Waals surface area contributed by atoms with Gasteiger partial charge in [0.05, 0.1) is 0 Å². The first-order chi connectivity index (χ1) is 3.22. The van der Waals surface area contributed by atoms with Gasteiger partial charge < -0.3 is 0 Å². The molecule has 1 aliphatic rings. The summed E-state index contributed by atoms with van der Waals surface area (Å²) in [4.78, 5) is 0. The van der Waals surface area contributed by atoms with E-state index in [0.717, 1.165) is 17.8 Å². The van der Waals surface area contributed by atoms with Gasteiger partial charge in [-0.05, 0) is 24.2 Å². The van der Waals surface area contributed by atoms with E-state index < -0.39 is 0 Å². The lowest BCUT2D eigenvalue weighted by molar-refractivity contribution is 0.120. The van der Waals surface area contributed by atoms with Gasteiger partial charge in [-0.15, -0.1) is 0 Å². The maximum Gasteiger partial charge on any atom is -0.0391 e. The normalized spacial score (nSPS) is 43.3. The number of hydrogen-bond acceptors (Lipinski definition) is 0. The molecule has 0 aromatic heterocycles. The van der Waals surface area contributed by atoms with Gasteiger partial charge in [-0.25, -0.2) is 0 Å². The Morgan fingerprint density at radius 1 is 1.00 bits per heavy atom. The van der Waals surface area contributed by atoms with Crippen molar-refractivity contribution in [3.05, 3.63) is 0 Å². The molecule has 1 saturated carbocycles. The highest BCUT2D eigenvalue weighted by Crippen LogP contribution is 2.38. The molecular weight excluding hydrogens is 84.1 g/mol. The van der Waals surface area contributed by atoms with E-state index in [1.54, 1.807) is 0 Å². The van der Waals surface area contributed by atoms with E-state index in [9.17, 15) is 0 Å². The van der Waals surface area contributed by atoms with E-state index in [1.807, 2.05) is 0 Å². The molecule has 0 aromatic carbocycles. The molecule has 0 unspecified atom stereocenters. The Kier molecular flexibility index (Phi) is 1.10. The molecule has 0 radical (unpaired) electrons. The van der Waals surface area contributed by atoms with Crippen LogP contribution in [0.5, 0.6) is 0 Å². The van der Waals surface area contributed by atoms with Crippen LogP contribution >= 0.6 is 0 Å². The SMILES string of the molecule is CC1[C@H](C)C[C@H]1C. The van der Waals surface area contributed by atoms with Crippen LogP contribution in [0.15, 0.2) is 0 Å². The van der Waals surface area contributed by atoms with Gasteiger partial charge in [0.2, 0.25) is 0 Å². The molecule has 0 bridgehead atoms. The second-order valence-electron chi connectivity index (χ2n) is 3.05. The summed E-state index contributed by atoms with van der Waals surface area (Å²) in [5.74, 6) is 3.02. The summed E-state index contributed by atoms with van der Waals surface area (Å²) < 4.78 is 0. The Bertz CT molecular complexity index is 58.4. The van der Waals surface area contributed by atoms with Crippen LogP contribution in [0.2, 0.25) is 0 Å². The van der Waals surface area contributed by atoms with E-state index in [4.69, 9.17) is 0 Å². The van der Waals surface area contributed by atoms with Crippen molar-refractivity contribution >= 4 is 0 Å². The topological polar surface area (TPSA) is 0 Å². The van der Waals surface area contributed by atoms with Crippen molar-refractivity contribution in [1.82, 2.24) is 0 Å². The Morgan fingerprint density at radius 3 is 1.43 bits per heavy atom. The molecule has 1 aliphatic carbocycles. The summed E-state index contributed by atoms with van der Waals surface area (Å²) in [6.45, 7) is 7.02. The van der Waals surface area contributed by atoms with Crippen LogP contribution in [0.3, 0.4) is 0 Å². The molecule has 0 aromatic rings. The van der Waals surface area contributed by atoms with Gasteiger partial charge in [0.25, 0.3) is 0 Å². The van der Waals surface area contributed by atoms with E-state index in [1.165, 1.54) is 6.42 Å². The average molecular weight is 98.2 g/mol. The van der Waals surface area contributed by atoms with Crippen LogP contribution in [0.1, 0.15) is 27.2 Å². The molecule has 1 rings (SSSR count). The molecule has 0 N–H and O–H groups in total. The summed E-state index contributed by atoms with van der Waals surface area (Å²) in [5.41, 5.74) is 0. The third kappa shape index (κ3) is 0.667. The van der Waals surface area contributed by atoms with Crippen molar-refractivity contribution in [2.45, 2.75) is 27.2 Å². The Labute approximate surface area is 45.9 Å². The molecule has 7 heavy (non-hydrogen) atoms. The van der Waals surface area contributed by atoms with Crippen LogP contribution in [0, 0.1) is 17.8 Å². The lowest BCUT2D eigenvalue weighted by Gasteiger charge is -2.38. The first kappa shape index (κ1) is 5.14. The predicted molar refractivity (Wildman–Crippen MR) is 32.1 cm³/mol. The molecule has 1 fully saturated rings. The van der Waals surface area contributed by atoms with Crippen LogP contribution in [-0.2, 0) is 0 Å². The number of hydrogen-bond donors (Lipinski definition) is 0. The zero-order valence-electron chi connectivity index (χ0n) is 5.44. The molecule has 0 heterocycles. The summed E-state index contributed by atoms with van der Waals surface area (Å²) >= 11 is 0. The summed E-state index contributed by atoms with van der Waals surface area (Å²) in [6.07, 6.45) is 1.46. The summed E-state index contributed by atoms with van der Waals surface area (Å²) in [6, 6.07) is 0. The van der Waals surface area contributed by atoms with Crippen LogP contribution < -0.4 is 0 Å². The number of rotatable bonds is 0. The van der Waals surface area contributed by atoms with Crippen molar-refractivity contribution in [2.75, 3.05) is 0 Å². The summed E-state index contributed by atoms with van der Waals surface area (Å²) in [7, 11) is 0. The minimum atomic E-state index is 1.000. The van der Waals surface area contributed by atoms with E-state index in [0.29, 0.717) is 0 Å². The highest BCUT2D eigenvalue weighted by molar-refractivity contribution is 4.79. The lowest BCUT2D eigenvalue weighted by Crippen LogP contribution is -2.29. The van der Waals surface area contributed by atoms with E-state index in [2.05, 4.69) is 20.8 Å². The molecule has 0 aliphatic heterocycles. The lowest BCUT2D eigenvalue weighted by atomic mass is 9.68. The molecule has 0 heteroatoms. The van der Waals surface area contributed by atoms with Crippen molar-refractivity contribution in [1.29, 1.82) is 0 Å². The Balaban J connectivity index is 2.29. The smallest absolute Gasteiger partial charge is 0.0391 e. The van der Waals surface area contributed by atoms with Gasteiger partial charge in [-0.1, -0.05) is 20.8 Å². The fraction of sp³-hybridized carbons (Fsp3) is 1.00. The minimum Gasteiger partial charge on any atom is -0.0622 e. The maximum absolute atomic E-state index is 2.35. The van der Waals surface area contributed by atoms with E-state index in [-0.39, 0.29) is 0 Å². The third-order valence-electron chi connectivity index (χ3n) is 2.54. The van der Waals surface area contributed by atoms with Crippen molar-refractivity contribution in [3.8, 4) is 0 Å². The van der Waals surface area contributed by atoms with Gasteiger partial charge in [0.1, 0.15) is 0 Å². The fourth-order valence-electron chi connectivity index (χ4n) is 1.38. The average Bonchev–Trinajstić information content (AvgIpc) is 1.68. The van der Waals surface area contributed by atoms with Crippen molar-refractivity contribution in [2.24, 2.45) is 17.8 Å². The highest BCUT2D eigenvalue weighted by atomic mass is 14.3. The molecular formula is C7H14. The quantitative estimate of drug-likeness (QED) is 0.436. The first-order valence-electron chi connectivity index (χ1n) is 3.22. The fourth-order valence-corrected chi connectivity index (χ4v) is 1.38. The van der Waals surface area contributed by atoms with Crippen molar-refractivity contribution < 1.29 is 0 Å². The Hall–Kier alpha value is 0. The first-order valence-corrected chi connectivity index (χ1v) is 3.22. The second kappa shape index (κ2) is 1.50. The standard InChI is InChI=1S/C7H14/c1-5-4-6(2)7(5)3/h5-7H,4H2,1-3H3/t5-,6-/m1/s1. The Morgan fingerprint density at radius 2 is 1.43 bits per heavy atom. The largest absolute Gasteiger partial charge is 0.0622 e. The van der Waals surface area contributed by atoms with Gasteiger partial charge in [-0.3, -0.25) is 0 Å². The van der Waals surface area contributed by atoms with Gasteiger partial charge in [0, 0.05) is 0 Å². The molecule has 2 atom stereocenters. The van der Waals surface area contributed by atoms with E-state index >= 15 is 0 Å². The maximum atomic E-state index is 2.35. The van der Waals surface area contributed by atoms with Gasteiger partial charge in [0.15, 0.2) is 0 Å². The second-order valence-corrected chi connectivity index (χ2v) is 3.05. The van der Waals surface area contributed by atoms with Crippen LogP contribution in [0.4, 0.5) is 0 Å². The van der Waals surface area contributed by atoms with Gasteiger partial charge in [-0.2, -0.15) is 0 Å². The minimum absolute atomic E-state index is 1.000. The molecule has 0 saturated heterocycles. The highest BCUT2D eigenvalue weighted by Gasteiger charge is 2.29. The van der Waals surface area contributed by atoms with Crippen molar-refractivity contribution in [3.63, 3.8) is 0 Å². The third-order valence-corrected chi connectivity index (χ3v) is 2.54. The zero-order chi connectivity index (χ0) is 5.44. The zero-order valence-corrected chi connectivity index (χ0v) is 5.44. The molecule has 0 spiro atoms. The molecule has 0 nitrogen and oxygen atoms in total. The monoisotopic (exact) mass is 98.1 g/mol.